The molecular formula is C15H16FNO2. The van der Waals surface area contributed by atoms with Crippen LogP contribution in [0.25, 0.3) is 0 Å². The third kappa shape index (κ3) is 3.03. The van der Waals surface area contributed by atoms with Crippen molar-refractivity contribution >= 4 is 5.69 Å². The van der Waals surface area contributed by atoms with Gasteiger partial charge in [0.25, 0.3) is 0 Å². The Morgan fingerprint density at radius 2 is 2.00 bits per heavy atom. The van der Waals surface area contributed by atoms with Crippen LogP contribution in [0.1, 0.15) is 17.2 Å². The molecule has 4 heteroatoms. The molecule has 3 nitrogen and oxygen atoms in total. The topological polar surface area (TPSA) is 55.5 Å². The fourth-order valence-corrected chi connectivity index (χ4v) is 2.02. The Labute approximate surface area is 111 Å². The minimum Gasteiger partial charge on any atom is -0.496 e. The van der Waals surface area contributed by atoms with E-state index in [0.29, 0.717) is 23.4 Å². The third-order valence-electron chi connectivity index (χ3n) is 3.01. The van der Waals surface area contributed by atoms with E-state index in [1.54, 1.807) is 7.11 Å². The molecule has 2 aromatic carbocycles. The second-order valence-corrected chi connectivity index (χ2v) is 4.31. The van der Waals surface area contributed by atoms with Crippen molar-refractivity contribution in [1.82, 2.24) is 0 Å². The highest BCUT2D eigenvalue weighted by Crippen LogP contribution is 2.28. The number of ether oxygens (including phenoxy) is 1. The van der Waals surface area contributed by atoms with Crippen molar-refractivity contribution in [1.29, 1.82) is 0 Å². The number of halogens is 1. The first-order valence-corrected chi connectivity index (χ1v) is 5.96. The number of rotatable bonds is 4. The highest BCUT2D eigenvalue weighted by Gasteiger charge is 2.15. The minimum absolute atomic E-state index is 0.317. The monoisotopic (exact) mass is 261 g/mol. The lowest BCUT2D eigenvalue weighted by Crippen LogP contribution is -2.06. The Bertz CT molecular complexity index is 572. The number of nitrogens with two attached hydrogens (primary N) is 1. The van der Waals surface area contributed by atoms with Crippen LogP contribution in [0.5, 0.6) is 5.75 Å². The summed E-state index contributed by atoms with van der Waals surface area (Å²) in [5.74, 6) is 0.278. The summed E-state index contributed by atoms with van der Waals surface area (Å²) in [4.78, 5) is 0. The second-order valence-electron chi connectivity index (χ2n) is 4.31. The van der Waals surface area contributed by atoms with Gasteiger partial charge in [-0.3, -0.25) is 0 Å². The molecular weight excluding hydrogens is 245 g/mol. The van der Waals surface area contributed by atoms with E-state index in [1.165, 1.54) is 18.2 Å². The second kappa shape index (κ2) is 5.71. The molecule has 1 atom stereocenters. The molecule has 0 fully saturated rings. The average Bonchev–Trinajstić information content (AvgIpc) is 2.42. The number of para-hydroxylation sites is 1. The smallest absolute Gasteiger partial charge is 0.123 e. The predicted molar refractivity (Wildman–Crippen MR) is 72.5 cm³/mol. The Morgan fingerprint density at radius 3 is 2.74 bits per heavy atom. The van der Waals surface area contributed by atoms with E-state index in [4.69, 9.17) is 10.5 Å². The SMILES string of the molecule is COc1ccccc1CC(O)c1cc(F)ccc1N. The summed E-state index contributed by atoms with van der Waals surface area (Å²) < 4.78 is 18.4. The largest absolute Gasteiger partial charge is 0.496 e. The average molecular weight is 261 g/mol. The number of aliphatic hydroxyl groups excluding tert-OH is 1. The van der Waals surface area contributed by atoms with Gasteiger partial charge in [0.15, 0.2) is 0 Å². The van der Waals surface area contributed by atoms with Gasteiger partial charge in [0.05, 0.1) is 13.2 Å². The van der Waals surface area contributed by atoms with Gasteiger partial charge in [-0.1, -0.05) is 18.2 Å². The van der Waals surface area contributed by atoms with Crippen molar-refractivity contribution in [3.8, 4) is 5.75 Å². The first-order chi connectivity index (χ1) is 9.11. The predicted octanol–water partition coefficient (Wildman–Crippen LogP) is 2.69. The molecule has 1 unspecified atom stereocenters. The van der Waals surface area contributed by atoms with Gasteiger partial charge < -0.3 is 15.6 Å². The van der Waals surface area contributed by atoms with E-state index in [-0.39, 0.29) is 0 Å². The van der Waals surface area contributed by atoms with Gasteiger partial charge >= 0.3 is 0 Å². The Morgan fingerprint density at radius 1 is 1.26 bits per heavy atom. The molecule has 0 amide bonds. The van der Waals surface area contributed by atoms with Gasteiger partial charge in [-0.15, -0.1) is 0 Å². The zero-order valence-corrected chi connectivity index (χ0v) is 10.6. The summed E-state index contributed by atoms with van der Waals surface area (Å²) >= 11 is 0. The highest BCUT2D eigenvalue weighted by molar-refractivity contribution is 5.48. The van der Waals surface area contributed by atoms with Crippen LogP contribution >= 0.6 is 0 Å². The number of benzene rings is 2. The van der Waals surface area contributed by atoms with Crippen molar-refractivity contribution in [2.75, 3.05) is 12.8 Å². The van der Waals surface area contributed by atoms with Crippen LogP contribution in [0.3, 0.4) is 0 Å². The molecule has 2 aromatic rings. The molecule has 0 aliphatic heterocycles. The van der Waals surface area contributed by atoms with E-state index in [2.05, 4.69) is 0 Å². The summed E-state index contributed by atoms with van der Waals surface area (Å²) in [6.07, 6.45) is -0.551. The van der Waals surface area contributed by atoms with Gasteiger partial charge in [-0.2, -0.15) is 0 Å². The molecule has 3 N–H and O–H groups in total. The van der Waals surface area contributed by atoms with Crippen LogP contribution in [-0.2, 0) is 6.42 Å². The van der Waals surface area contributed by atoms with Crippen molar-refractivity contribution in [2.45, 2.75) is 12.5 Å². The summed E-state index contributed by atoms with van der Waals surface area (Å²) in [5.41, 5.74) is 7.38. The zero-order valence-electron chi connectivity index (χ0n) is 10.6. The van der Waals surface area contributed by atoms with Crippen molar-refractivity contribution in [3.05, 3.63) is 59.4 Å². The van der Waals surface area contributed by atoms with Crippen LogP contribution < -0.4 is 10.5 Å². The maximum Gasteiger partial charge on any atom is 0.123 e. The molecule has 0 spiro atoms. The van der Waals surface area contributed by atoms with Gasteiger partial charge in [-0.05, 0) is 29.8 Å². The number of hydrogen-bond donors (Lipinski definition) is 2. The standard InChI is InChI=1S/C15H16FNO2/c1-19-15-5-3-2-4-10(15)8-14(18)12-9-11(16)6-7-13(12)17/h2-7,9,14,18H,8,17H2,1H3. The first-order valence-electron chi connectivity index (χ1n) is 5.96. The van der Waals surface area contributed by atoms with Gasteiger partial charge in [-0.25, -0.2) is 4.39 Å². The maximum absolute atomic E-state index is 13.2. The Hall–Kier alpha value is -2.07. The molecule has 0 saturated carbocycles. The molecule has 0 heterocycles. The molecule has 0 saturated heterocycles. The van der Waals surface area contributed by atoms with Gasteiger partial charge in [0.2, 0.25) is 0 Å². The number of nitrogen functional groups attached to an aromatic ring is 1. The van der Waals surface area contributed by atoms with Gasteiger partial charge in [0, 0.05) is 17.7 Å². The van der Waals surface area contributed by atoms with Crippen LogP contribution in [0.4, 0.5) is 10.1 Å². The molecule has 2 rings (SSSR count). The number of aliphatic hydroxyl groups is 1. The lowest BCUT2D eigenvalue weighted by Gasteiger charge is -2.15. The fraction of sp³-hybridized carbons (Fsp3) is 0.200. The van der Waals surface area contributed by atoms with Crippen LogP contribution in [-0.4, -0.2) is 12.2 Å². The lowest BCUT2D eigenvalue weighted by atomic mass is 9.99. The van der Waals surface area contributed by atoms with Crippen LogP contribution in [0, 0.1) is 5.82 Å². The van der Waals surface area contributed by atoms with E-state index in [9.17, 15) is 9.50 Å². The quantitative estimate of drug-likeness (QED) is 0.832. The Kier molecular flexibility index (Phi) is 4.02. The van der Waals surface area contributed by atoms with E-state index in [0.717, 1.165) is 5.56 Å². The summed E-state index contributed by atoms with van der Waals surface area (Å²) in [7, 11) is 1.57. The molecule has 19 heavy (non-hydrogen) atoms. The van der Waals surface area contributed by atoms with Crippen molar-refractivity contribution in [2.24, 2.45) is 0 Å². The zero-order chi connectivity index (χ0) is 13.8. The van der Waals surface area contributed by atoms with E-state index >= 15 is 0 Å². The molecule has 0 bridgehead atoms. The third-order valence-corrected chi connectivity index (χ3v) is 3.01. The molecule has 100 valence electrons. The van der Waals surface area contributed by atoms with Gasteiger partial charge in [0.1, 0.15) is 11.6 Å². The molecule has 0 aliphatic carbocycles. The lowest BCUT2D eigenvalue weighted by molar-refractivity contribution is 0.177. The highest BCUT2D eigenvalue weighted by atomic mass is 19.1. The maximum atomic E-state index is 13.2. The summed E-state index contributed by atoms with van der Waals surface area (Å²) in [6.45, 7) is 0. The Balaban J connectivity index is 2.25. The first kappa shape index (κ1) is 13.4. The fourth-order valence-electron chi connectivity index (χ4n) is 2.02. The molecule has 0 aromatic heterocycles. The normalized spacial score (nSPS) is 12.2. The summed E-state index contributed by atoms with van der Waals surface area (Å²) in [6, 6.07) is 11.4. The van der Waals surface area contributed by atoms with E-state index in [1.807, 2.05) is 24.3 Å². The number of methoxy groups -OCH3 is 1. The van der Waals surface area contributed by atoms with E-state index < -0.39 is 11.9 Å². The van der Waals surface area contributed by atoms with Crippen LogP contribution in [0.15, 0.2) is 42.5 Å². The van der Waals surface area contributed by atoms with Crippen LogP contribution in [0.2, 0.25) is 0 Å². The van der Waals surface area contributed by atoms with Crippen molar-refractivity contribution < 1.29 is 14.2 Å². The number of anilines is 1. The number of hydrogen-bond acceptors (Lipinski definition) is 3. The molecule has 0 aliphatic rings. The van der Waals surface area contributed by atoms with Crippen molar-refractivity contribution in [3.63, 3.8) is 0 Å². The minimum atomic E-state index is -0.869. The summed E-state index contributed by atoms with van der Waals surface area (Å²) in [5, 5.41) is 10.2. The molecule has 0 radical (unpaired) electrons.